The van der Waals surface area contributed by atoms with Gasteiger partial charge in [-0.25, -0.2) is 0 Å². The molecule has 0 amide bonds. The Hall–Kier alpha value is -1.26. The van der Waals surface area contributed by atoms with Crippen molar-refractivity contribution >= 4 is 5.69 Å². The predicted octanol–water partition coefficient (Wildman–Crippen LogP) is 1.20. The zero-order valence-corrected chi connectivity index (χ0v) is 11.2. The summed E-state index contributed by atoms with van der Waals surface area (Å²) in [6.07, 6.45) is 0. The van der Waals surface area contributed by atoms with E-state index in [1.165, 1.54) is 0 Å². The topological polar surface area (TPSA) is 35.9 Å². The number of aliphatic hydroxyl groups is 1. The Bertz CT molecular complexity index is 384. The average molecular weight is 250 g/mol. The second-order valence-corrected chi connectivity index (χ2v) is 4.66. The SMILES string of the molecule is CCOc1ccccc1N1CCN(C)C(CO)C1. The number of hydrogen-bond acceptors (Lipinski definition) is 4. The van der Waals surface area contributed by atoms with Crippen LogP contribution in [-0.4, -0.2) is 55.9 Å². The molecular formula is C14H22N2O2. The van der Waals surface area contributed by atoms with Gasteiger partial charge in [-0.15, -0.1) is 0 Å². The maximum Gasteiger partial charge on any atom is 0.142 e. The van der Waals surface area contributed by atoms with Crippen LogP contribution in [0.1, 0.15) is 6.92 Å². The van der Waals surface area contributed by atoms with Gasteiger partial charge >= 0.3 is 0 Å². The molecule has 4 heteroatoms. The van der Waals surface area contributed by atoms with Crippen molar-refractivity contribution in [2.75, 3.05) is 44.8 Å². The van der Waals surface area contributed by atoms with Crippen LogP contribution in [0.15, 0.2) is 24.3 Å². The molecule has 1 aliphatic heterocycles. The van der Waals surface area contributed by atoms with Crippen LogP contribution < -0.4 is 9.64 Å². The molecule has 1 fully saturated rings. The molecule has 4 nitrogen and oxygen atoms in total. The van der Waals surface area contributed by atoms with Crippen LogP contribution in [0.5, 0.6) is 5.75 Å². The van der Waals surface area contributed by atoms with E-state index in [1.54, 1.807) is 0 Å². The Morgan fingerprint density at radius 1 is 1.33 bits per heavy atom. The number of anilines is 1. The first-order valence-electron chi connectivity index (χ1n) is 6.54. The van der Waals surface area contributed by atoms with Crippen molar-refractivity contribution in [3.8, 4) is 5.75 Å². The summed E-state index contributed by atoms with van der Waals surface area (Å²) in [5.74, 6) is 0.932. The van der Waals surface area contributed by atoms with Crippen LogP contribution in [0.2, 0.25) is 0 Å². The highest BCUT2D eigenvalue weighted by atomic mass is 16.5. The van der Waals surface area contributed by atoms with Crippen molar-refractivity contribution in [1.29, 1.82) is 0 Å². The van der Waals surface area contributed by atoms with E-state index in [0.29, 0.717) is 6.61 Å². The van der Waals surface area contributed by atoms with Crippen molar-refractivity contribution < 1.29 is 9.84 Å². The van der Waals surface area contributed by atoms with Crippen molar-refractivity contribution in [1.82, 2.24) is 4.90 Å². The van der Waals surface area contributed by atoms with Crippen LogP contribution in [0, 0.1) is 0 Å². The second kappa shape index (κ2) is 6.07. The molecule has 100 valence electrons. The Kier molecular flexibility index (Phi) is 4.44. The lowest BCUT2D eigenvalue weighted by Gasteiger charge is -2.40. The second-order valence-electron chi connectivity index (χ2n) is 4.66. The lowest BCUT2D eigenvalue weighted by Crippen LogP contribution is -2.53. The predicted molar refractivity (Wildman–Crippen MR) is 73.3 cm³/mol. The van der Waals surface area contributed by atoms with Gasteiger partial charge in [-0.2, -0.15) is 0 Å². The third kappa shape index (κ3) is 2.76. The Balaban J connectivity index is 2.16. The minimum Gasteiger partial charge on any atom is -0.492 e. The lowest BCUT2D eigenvalue weighted by molar-refractivity contribution is 0.135. The Morgan fingerprint density at radius 2 is 2.11 bits per heavy atom. The van der Waals surface area contributed by atoms with E-state index in [-0.39, 0.29) is 12.6 Å². The first kappa shape index (κ1) is 13.2. The molecule has 18 heavy (non-hydrogen) atoms. The van der Waals surface area contributed by atoms with Crippen molar-refractivity contribution in [2.24, 2.45) is 0 Å². The normalized spacial score (nSPS) is 21.1. The molecule has 0 radical (unpaired) electrons. The summed E-state index contributed by atoms with van der Waals surface area (Å²) >= 11 is 0. The molecule has 0 saturated carbocycles. The highest BCUT2D eigenvalue weighted by Crippen LogP contribution is 2.29. The van der Waals surface area contributed by atoms with Gasteiger partial charge in [-0.1, -0.05) is 12.1 Å². The fourth-order valence-electron chi connectivity index (χ4n) is 2.36. The van der Waals surface area contributed by atoms with Gasteiger partial charge in [0.15, 0.2) is 0 Å². The van der Waals surface area contributed by atoms with E-state index in [2.05, 4.69) is 22.9 Å². The number of likely N-dealkylation sites (N-methyl/N-ethyl adjacent to an activating group) is 1. The average Bonchev–Trinajstić information content (AvgIpc) is 2.40. The van der Waals surface area contributed by atoms with E-state index in [4.69, 9.17) is 4.74 Å². The van der Waals surface area contributed by atoms with Gasteiger partial charge in [-0.05, 0) is 26.1 Å². The maximum absolute atomic E-state index is 9.40. The van der Waals surface area contributed by atoms with E-state index in [9.17, 15) is 5.11 Å². The number of nitrogens with zero attached hydrogens (tertiary/aromatic N) is 2. The molecule has 2 rings (SSSR count). The summed E-state index contributed by atoms with van der Waals surface area (Å²) in [6, 6.07) is 8.32. The molecule has 0 spiro atoms. The minimum atomic E-state index is 0.198. The first-order valence-corrected chi connectivity index (χ1v) is 6.54. The van der Waals surface area contributed by atoms with Gasteiger partial charge in [0.1, 0.15) is 5.75 Å². The van der Waals surface area contributed by atoms with Crippen molar-refractivity contribution in [3.05, 3.63) is 24.3 Å². The molecule has 0 aromatic heterocycles. The Labute approximate surface area is 109 Å². The maximum atomic E-state index is 9.40. The number of hydrogen-bond donors (Lipinski definition) is 1. The van der Waals surface area contributed by atoms with Crippen LogP contribution in [0.3, 0.4) is 0 Å². The third-order valence-electron chi connectivity index (χ3n) is 3.49. The van der Waals surface area contributed by atoms with Crippen LogP contribution >= 0.6 is 0 Å². The highest BCUT2D eigenvalue weighted by molar-refractivity contribution is 5.58. The number of rotatable bonds is 4. The third-order valence-corrected chi connectivity index (χ3v) is 3.49. The van der Waals surface area contributed by atoms with Crippen LogP contribution in [0.25, 0.3) is 0 Å². The number of para-hydroxylation sites is 2. The molecule has 1 aromatic rings. The molecule has 1 N–H and O–H groups in total. The zero-order chi connectivity index (χ0) is 13.0. The largest absolute Gasteiger partial charge is 0.492 e. The van der Waals surface area contributed by atoms with Crippen LogP contribution in [0.4, 0.5) is 5.69 Å². The molecule has 1 aromatic carbocycles. The van der Waals surface area contributed by atoms with Crippen LogP contribution in [-0.2, 0) is 0 Å². The van der Waals surface area contributed by atoms with E-state index < -0.39 is 0 Å². The number of aliphatic hydroxyl groups excluding tert-OH is 1. The molecule has 0 aliphatic carbocycles. The molecule has 1 unspecified atom stereocenters. The summed E-state index contributed by atoms with van der Waals surface area (Å²) in [7, 11) is 2.06. The Morgan fingerprint density at radius 3 is 2.83 bits per heavy atom. The first-order chi connectivity index (χ1) is 8.76. The lowest BCUT2D eigenvalue weighted by atomic mass is 10.1. The number of benzene rings is 1. The monoisotopic (exact) mass is 250 g/mol. The van der Waals surface area contributed by atoms with E-state index >= 15 is 0 Å². The smallest absolute Gasteiger partial charge is 0.142 e. The molecular weight excluding hydrogens is 228 g/mol. The highest BCUT2D eigenvalue weighted by Gasteiger charge is 2.25. The number of piperazine rings is 1. The van der Waals surface area contributed by atoms with Gasteiger partial charge in [0.2, 0.25) is 0 Å². The molecule has 1 atom stereocenters. The van der Waals surface area contributed by atoms with E-state index in [1.807, 2.05) is 25.1 Å². The number of ether oxygens (including phenoxy) is 1. The molecule has 0 bridgehead atoms. The quantitative estimate of drug-likeness (QED) is 0.871. The molecule has 1 saturated heterocycles. The van der Waals surface area contributed by atoms with Gasteiger partial charge < -0.3 is 14.7 Å². The fraction of sp³-hybridized carbons (Fsp3) is 0.571. The van der Waals surface area contributed by atoms with Gasteiger partial charge in [0.25, 0.3) is 0 Å². The van der Waals surface area contributed by atoms with Gasteiger partial charge in [0.05, 0.1) is 24.9 Å². The van der Waals surface area contributed by atoms with E-state index in [0.717, 1.165) is 31.1 Å². The summed E-state index contributed by atoms with van der Waals surface area (Å²) < 4.78 is 5.67. The van der Waals surface area contributed by atoms with Gasteiger partial charge in [-0.3, -0.25) is 4.90 Å². The fourth-order valence-corrected chi connectivity index (χ4v) is 2.36. The summed E-state index contributed by atoms with van der Waals surface area (Å²) in [5, 5.41) is 9.40. The zero-order valence-electron chi connectivity index (χ0n) is 11.2. The summed E-state index contributed by atoms with van der Waals surface area (Å²) in [4.78, 5) is 4.51. The van der Waals surface area contributed by atoms with Gasteiger partial charge in [0, 0.05) is 19.6 Å². The van der Waals surface area contributed by atoms with Crippen molar-refractivity contribution in [2.45, 2.75) is 13.0 Å². The molecule has 1 aliphatic rings. The minimum absolute atomic E-state index is 0.198. The van der Waals surface area contributed by atoms with Crippen molar-refractivity contribution in [3.63, 3.8) is 0 Å². The molecule has 1 heterocycles. The standard InChI is InChI=1S/C14H22N2O2/c1-3-18-14-7-5-4-6-13(14)16-9-8-15(2)12(10-16)11-17/h4-7,12,17H,3,8-11H2,1-2H3. The summed E-state index contributed by atoms with van der Waals surface area (Å²) in [5.41, 5.74) is 1.13. The summed E-state index contributed by atoms with van der Waals surface area (Å²) in [6.45, 7) is 5.65.